The van der Waals surface area contributed by atoms with Crippen LogP contribution in [0, 0.1) is 11.3 Å². The van der Waals surface area contributed by atoms with Gasteiger partial charge >= 0.3 is 5.51 Å². The maximum absolute atomic E-state index is 14.3. The number of aliphatic hydroxyl groups excluding tert-OH is 1. The van der Waals surface area contributed by atoms with Crippen LogP contribution in [0.25, 0.3) is 11.1 Å². The molecule has 3 saturated heterocycles. The molecule has 8 rings (SSSR count). The highest BCUT2D eigenvalue weighted by Crippen LogP contribution is 2.40. The first kappa shape index (κ1) is 48.8. The summed E-state index contributed by atoms with van der Waals surface area (Å²) in [5.41, 5.74) is -2.57. The molecule has 0 saturated carbocycles. The minimum Gasteiger partial charge on any atom is -0.388 e. The van der Waals surface area contributed by atoms with Crippen LogP contribution in [0.2, 0.25) is 5.02 Å². The zero-order chi connectivity index (χ0) is 47.4. The minimum atomic E-state index is -6.08. The molecule has 0 unspecified atom stereocenters. The van der Waals surface area contributed by atoms with Crippen LogP contribution in [0.15, 0.2) is 136 Å². The molecule has 356 valence electrons. The van der Waals surface area contributed by atoms with Crippen LogP contribution in [0.3, 0.4) is 0 Å². The van der Waals surface area contributed by atoms with E-state index in [0.29, 0.717) is 66.8 Å². The molecule has 4 N–H and O–H groups in total. The Hall–Kier alpha value is -4.62. The molecule has 18 heteroatoms. The van der Waals surface area contributed by atoms with E-state index in [4.69, 9.17) is 11.6 Å². The van der Waals surface area contributed by atoms with E-state index in [9.17, 15) is 39.9 Å². The number of hydrogen-bond acceptors (Lipinski definition) is 11. The Balaban J connectivity index is 0.956. The van der Waals surface area contributed by atoms with Crippen LogP contribution in [0.4, 0.5) is 24.5 Å². The normalized spacial score (nSPS) is 18.0. The second kappa shape index (κ2) is 20.5. The highest BCUT2D eigenvalue weighted by Gasteiger charge is 2.48. The number of sulfonamides is 1. The number of piperidine rings is 2. The van der Waals surface area contributed by atoms with Gasteiger partial charge in [0.2, 0.25) is 0 Å². The van der Waals surface area contributed by atoms with E-state index in [1.807, 2.05) is 76.4 Å². The van der Waals surface area contributed by atoms with Gasteiger partial charge in [0.05, 0.1) is 16.7 Å². The molecule has 11 nitrogen and oxygen atoms in total. The molecular weight excluding hydrogens is 943 g/mol. The van der Waals surface area contributed by atoms with E-state index in [2.05, 4.69) is 15.5 Å². The van der Waals surface area contributed by atoms with E-state index >= 15 is 0 Å². The van der Waals surface area contributed by atoms with Crippen LogP contribution < -0.4 is 20.3 Å². The average molecular weight is 997 g/mol. The molecule has 0 bridgehead atoms. The van der Waals surface area contributed by atoms with Gasteiger partial charge in [-0.1, -0.05) is 72.3 Å². The van der Waals surface area contributed by atoms with Gasteiger partial charge in [0, 0.05) is 65.7 Å². The molecule has 3 aliphatic heterocycles. The average Bonchev–Trinajstić information content (AvgIpc) is 3.32. The molecule has 0 radical (unpaired) electrons. The summed E-state index contributed by atoms with van der Waals surface area (Å²) in [6.07, 6.45) is 3.06. The van der Waals surface area contributed by atoms with Crippen molar-refractivity contribution in [3.63, 3.8) is 0 Å². The lowest BCUT2D eigenvalue weighted by Gasteiger charge is -2.48. The molecule has 1 spiro atoms. The summed E-state index contributed by atoms with van der Waals surface area (Å²) < 4.78 is 98.7. The summed E-state index contributed by atoms with van der Waals surface area (Å²) in [5.74, 6) is -0.736. The van der Waals surface area contributed by atoms with E-state index in [0.717, 1.165) is 72.7 Å². The van der Waals surface area contributed by atoms with Crippen LogP contribution in [-0.4, -0.2) is 95.9 Å². The summed E-state index contributed by atoms with van der Waals surface area (Å²) in [5, 5.41) is 18.6. The SMILES string of the molecule is O=C(NS(=O)(=O)c1ccc(N[C@H](CCN2CCC3(CC2)CNC3)CSc2ccccc2)c(S(=O)(=O)C(F)(F)F)c1)c1cccc(N2CCC([C@@H](O)c3ccccc3-c3ccc(Cl)cc3)CC2)c1. The summed E-state index contributed by atoms with van der Waals surface area (Å²) in [6.45, 7) is 5.44. The number of aliphatic hydroxyl groups is 1. The standard InChI is InChI=1S/C49H53ClF3N5O6S3/c50-37-15-13-34(14-16-37)42-11-4-5-12-43(42)46(59)35-19-25-58(26-20-35)39-8-6-7-36(29-39)47(60)56-67(63,64)41-17-18-44(45(30-41)66(61,62)49(51,52)53)55-38(31-65-40-9-2-1-3-10-40)21-24-57-27-22-48(23-28-57)32-54-33-48/h1-18,29-30,35,38,46,54-55,59H,19-28,31-33H2,(H,56,60)/t38-,46-/m1/s1. The molecule has 67 heavy (non-hydrogen) atoms. The molecule has 3 heterocycles. The summed E-state index contributed by atoms with van der Waals surface area (Å²) in [7, 11) is -11.0. The lowest BCUT2D eigenvalue weighted by atomic mass is 9.73. The number of rotatable bonds is 16. The number of amides is 1. The smallest absolute Gasteiger partial charge is 0.388 e. The number of nitrogens with zero attached hydrogens (tertiary/aromatic N) is 2. The van der Waals surface area contributed by atoms with Crippen molar-refractivity contribution in [3.8, 4) is 11.1 Å². The third-order valence-electron chi connectivity index (χ3n) is 13.2. The number of hydrogen-bond donors (Lipinski definition) is 4. The fraction of sp³-hybridized carbons (Fsp3) is 0.367. The first-order valence-corrected chi connectivity index (χ1v) is 26.6. The molecule has 5 aromatic rings. The lowest BCUT2D eigenvalue weighted by Crippen LogP contribution is -2.58. The number of sulfone groups is 1. The van der Waals surface area contributed by atoms with Gasteiger partial charge in [-0.3, -0.25) is 4.79 Å². The fourth-order valence-corrected chi connectivity index (χ4v) is 12.3. The van der Waals surface area contributed by atoms with Crippen molar-refractivity contribution in [1.82, 2.24) is 14.9 Å². The second-order valence-corrected chi connectivity index (χ2v) is 22.8. The highest BCUT2D eigenvalue weighted by atomic mass is 35.5. The number of nitrogens with one attached hydrogen (secondary N) is 3. The quantitative estimate of drug-likeness (QED) is 0.0703. The largest absolute Gasteiger partial charge is 0.501 e. The van der Waals surface area contributed by atoms with Crippen LogP contribution in [-0.2, 0) is 19.9 Å². The topological polar surface area (TPSA) is 148 Å². The number of halogens is 4. The first-order valence-electron chi connectivity index (χ1n) is 22.3. The minimum absolute atomic E-state index is 0.0338. The fourth-order valence-electron chi connectivity index (χ4n) is 9.15. The van der Waals surface area contributed by atoms with E-state index in [1.165, 1.54) is 23.9 Å². The zero-order valence-electron chi connectivity index (χ0n) is 36.6. The van der Waals surface area contributed by atoms with E-state index in [1.54, 1.807) is 24.3 Å². The van der Waals surface area contributed by atoms with Gasteiger partial charge in [-0.15, -0.1) is 11.8 Å². The Kier molecular flexibility index (Phi) is 15.0. The first-order chi connectivity index (χ1) is 32.0. The Labute approximate surface area is 399 Å². The van der Waals surface area contributed by atoms with Crippen molar-refractivity contribution < 1.29 is 39.9 Å². The summed E-state index contributed by atoms with van der Waals surface area (Å²) in [6, 6.07) is 32.8. The Morgan fingerprint density at radius 1 is 0.851 bits per heavy atom. The number of thioether (sulfide) groups is 1. The molecule has 3 fully saturated rings. The van der Waals surface area contributed by atoms with Crippen molar-refractivity contribution in [2.24, 2.45) is 11.3 Å². The maximum atomic E-state index is 14.3. The van der Waals surface area contributed by atoms with Crippen LogP contribution >= 0.6 is 23.4 Å². The molecule has 0 aliphatic carbocycles. The number of likely N-dealkylation sites (tertiary alicyclic amines) is 1. The van der Waals surface area contributed by atoms with E-state index in [-0.39, 0.29) is 11.5 Å². The Bertz CT molecular complexity index is 2750. The van der Waals surface area contributed by atoms with Crippen LogP contribution in [0.1, 0.15) is 54.1 Å². The number of carbonyl (C=O) groups excluding carboxylic acids is 1. The maximum Gasteiger partial charge on any atom is 0.501 e. The van der Waals surface area contributed by atoms with Gasteiger partial charge in [-0.2, -0.15) is 13.2 Å². The lowest BCUT2D eigenvalue weighted by molar-refractivity contribution is -0.0435. The van der Waals surface area contributed by atoms with Crippen molar-refractivity contribution in [2.45, 2.75) is 64.4 Å². The van der Waals surface area contributed by atoms with Gasteiger partial charge in [-0.05, 0) is 134 Å². The van der Waals surface area contributed by atoms with Gasteiger partial charge < -0.3 is 25.5 Å². The highest BCUT2D eigenvalue weighted by molar-refractivity contribution is 7.99. The summed E-state index contributed by atoms with van der Waals surface area (Å²) >= 11 is 7.58. The summed E-state index contributed by atoms with van der Waals surface area (Å²) in [4.78, 5) is 16.7. The van der Waals surface area contributed by atoms with E-state index < -0.39 is 58.9 Å². The number of anilines is 2. The van der Waals surface area contributed by atoms with Crippen LogP contribution in [0.5, 0.6) is 0 Å². The molecule has 3 aliphatic rings. The van der Waals surface area contributed by atoms with Gasteiger partial charge in [0.1, 0.15) is 4.90 Å². The predicted octanol–water partition coefficient (Wildman–Crippen LogP) is 9.02. The zero-order valence-corrected chi connectivity index (χ0v) is 39.8. The Morgan fingerprint density at radius 2 is 1.54 bits per heavy atom. The van der Waals surface area contributed by atoms with Gasteiger partial charge in [0.15, 0.2) is 0 Å². The molecule has 5 aromatic carbocycles. The Morgan fingerprint density at radius 3 is 2.21 bits per heavy atom. The number of carbonyl (C=O) groups is 1. The van der Waals surface area contributed by atoms with Gasteiger partial charge in [-0.25, -0.2) is 21.6 Å². The molecular formula is C49H53ClF3N5O6S3. The van der Waals surface area contributed by atoms with Crippen molar-refractivity contribution >= 4 is 60.5 Å². The van der Waals surface area contributed by atoms with Crippen molar-refractivity contribution in [1.29, 1.82) is 0 Å². The molecule has 1 amide bonds. The second-order valence-electron chi connectivity index (χ2n) is 17.7. The van der Waals surface area contributed by atoms with Crippen molar-refractivity contribution in [2.75, 3.05) is 61.8 Å². The third kappa shape index (κ3) is 11.5. The van der Waals surface area contributed by atoms with Gasteiger partial charge in [0.25, 0.3) is 25.8 Å². The molecule has 2 atom stereocenters. The molecule has 0 aromatic heterocycles. The van der Waals surface area contributed by atoms with Crippen molar-refractivity contribution in [3.05, 3.63) is 137 Å². The number of alkyl halides is 3. The predicted molar refractivity (Wildman–Crippen MR) is 258 cm³/mol. The third-order valence-corrected chi connectivity index (χ3v) is 17.5. The monoisotopic (exact) mass is 995 g/mol. The number of benzene rings is 5.